The Hall–Kier alpha value is -1.41. The summed E-state index contributed by atoms with van der Waals surface area (Å²) >= 11 is 6.12. The molecule has 1 aromatic rings. The highest BCUT2D eigenvalue weighted by Crippen LogP contribution is 2.22. The number of H-pyrrole nitrogens is 1. The summed E-state index contributed by atoms with van der Waals surface area (Å²) in [5.41, 5.74) is 0.233. The summed E-state index contributed by atoms with van der Waals surface area (Å²) in [6.45, 7) is 4.00. The fraction of sp³-hybridized carbons (Fsp3) is 0.500. The predicted molar refractivity (Wildman–Crippen MR) is 70.6 cm³/mol. The summed E-state index contributed by atoms with van der Waals surface area (Å²) in [7, 11) is 0. The van der Waals surface area contributed by atoms with Crippen LogP contribution in [0, 0.1) is 3.95 Å². The van der Waals surface area contributed by atoms with E-state index in [0.717, 1.165) is 0 Å². The van der Waals surface area contributed by atoms with Crippen LogP contribution in [0.15, 0.2) is 0 Å². The van der Waals surface area contributed by atoms with Crippen LogP contribution in [0.2, 0.25) is 0 Å². The van der Waals surface area contributed by atoms with E-state index in [0.29, 0.717) is 15.6 Å². The summed E-state index contributed by atoms with van der Waals surface area (Å²) in [5, 5.41) is 3.28. The number of aromatic nitrogens is 1. The summed E-state index contributed by atoms with van der Waals surface area (Å²) in [5.74, 6) is -0.900. The van der Waals surface area contributed by atoms with Crippen molar-refractivity contribution in [1.29, 1.82) is 0 Å². The molecule has 0 aliphatic carbocycles. The number of carbonyl (C=O) groups excluding carboxylic acids is 2. The minimum Gasteiger partial charge on any atom is -0.465 e. The van der Waals surface area contributed by atoms with E-state index in [-0.39, 0.29) is 18.8 Å². The van der Waals surface area contributed by atoms with Crippen LogP contribution < -0.4 is 5.32 Å². The molecule has 8 heteroatoms. The molecule has 0 radical (unpaired) electrons. The number of nitrogens with one attached hydrogen (secondary N) is 2. The van der Waals surface area contributed by atoms with Crippen LogP contribution in [0.3, 0.4) is 0 Å². The number of aromatic amines is 1. The van der Waals surface area contributed by atoms with Crippen LogP contribution in [-0.2, 0) is 14.3 Å². The molecular weight excluding hydrogens is 276 g/mol. The average molecular weight is 290 g/mol. The molecule has 0 unspecified atom stereocenters. The predicted octanol–water partition coefficient (Wildman–Crippen LogP) is 1.96. The second-order valence-electron chi connectivity index (χ2n) is 3.10. The van der Waals surface area contributed by atoms with Crippen molar-refractivity contribution in [3.63, 3.8) is 0 Å². The van der Waals surface area contributed by atoms with E-state index in [2.05, 4.69) is 10.3 Å². The van der Waals surface area contributed by atoms with E-state index in [1.807, 2.05) is 0 Å². The molecule has 0 fully saturated rings. The SMILES string of the molecule is CCOC(=O)CNc1sc(=S)[nH]c1C(=O)OCC. The van der Waals surface area contributed by atoms with Gasteiger partial charge in [-0.25, -0.2) is 4.79 Å². The van der Waals surface area contributed by atoms with Crippen LogP contribution in [-0.4, -0.2) is 36.7 Å². The Kier molecular flexibility index (Phi) is 5.79. The first-order valence-corrected chi connectivity index (χ1v) is 6.60. The molecule has 0 bridgehead atoms. The third kappa shape index (κ3) is 4.11. The molecule has 6 nitrogen and oxygen atoms in total. The molecule has 0 aliphatic heterocycles. The highest BCUT2D eigenvalue weighted by molar-refractivity contribution is 7.73. The lowest BCUT2D eigenvalue weighted by Crippen LogP contribution is -2.18. The summed E-state index contributed by atoms with van der Waals surface area (Å²) < 4.78 is 10.1. The molecule has 0 aromatic carbocycles. The van der Waals surface area contributed by atoms with Crippen molar-refractivity contribution in [2.45, 2.75) is 13.8 Å². The number of esters is 2. The van der Waals surface area contributed by atoms with E-state index in [1.165, 1.54) is 11.3 Å². The smallest absolute Gasteiger partial charge is 0.357 e. The topological polar surface area (TPSA) is 80.4 Å². The van der Waals surface area contributed by atoms with Gasteiger partial charge in [0.1, 0.15) is 11.5 Å². The van der Waals surface area contributed by atoms with E-state index < -0.39 is 11.9 Å². The van der Waals surface area contributed by atoms with Crippen LogP contribution >= 0.6 is 23.6 Å². The van der Waals surface area contributed by atoms with Crippen molar-refractivity contribution >= 4 is 40.5 Å². The molecular formula is C10H14N2O4S2. The lowest BCUT2D eigenvalue weighted by Gasteiger charge is -2.05. The first kappa shape index (κ1) is 14.7. The maximum atomic E-state index is 11.6. The molecule has 0 spiro atoms. The number of anilines is 1. The highest BCUT2D eigenvalue weighted by Gasteiger charge is 2.16. The molecule has 0 saturated carbocycles. The molecule has 0 saturated heterocycles. The maximum Gasteiger partial charge on any atom is 0.357 e. The first-order valence-electron chi connectivity index (χ1n) is 5.38. The number of rotatable bonds is 6. The normalized spacial score (nSPS) is 9.89. The zero-order valence-corrected chi connectivity index (χ0v) is 11.7. The Morgan fingerprint density at radius 3 is 2.61 bits per heavy atom. The Labute approximate surface area is 113 Å². The van der Waals surface area contributed by atoms with Crippen molar-refractivity contribution in [3.05, 3.63) is 9.65 Å². The van der Waals surface area contributed by atoms with Gasteiger partial charge in [0.05, 0.1) is 13.2 Å². The largest absolute Gasteiger partial charge is 0.465 e. The number of carbonyl (C=O) groups is 2. The standard InChI is InChI=1S/C10H14N2O4S2/c1-3-15-6(13)5-11-8-7(9(14)16-4-2)12-10(17)18-8/h11H,3-5H2,1-2H3,(H,12,17). The van der Waals surface area contributed by atoms with Gasteiger partial charge in [-0.15, -0.1) is 0 Å². The Morgan fingerprint density at radius 1 is 1.33 bits per heavy atom. The second kappa shape index (κ2) is 7.12. The minimum atomic E-state index is -0.504. The molecule has 100 valence electrons. The summed E-state index contributed by atoms with van der Waals surface area (Å²) in [4.78, 5) is 25.5. The third-order valence-corrected chi connectivity index (χ3v) is 3.02. The second-order valence-corrected chi connectivity index (χ2v) is 4.78. The molecule has 1 heterocycles. The molecule has 1 aromatic heterocycles. The van der Waals surface area contributed by atoms with Crippen LogP contribution in [0.25, 0.3) is 0 Å². The average Bonchev–Trinajstić information content (AvgIpc) is 2.69. The third-order valence-electron chi connectivity index (χ3n) is 1.83. The van der Waals surface area contributed by atoms with Gasteiger partial charge in [-0.2, -0.15) is 0 Å². The molecule has 0 aliphatic rings. The van der Waals surface area contributed by atoms with Gasteiger partial charge in [-0.3, -0.25) is 4.79 Å². The van der Waals surface area contributed by atoms with Gasteiger partial charge >= 0.3 is 11.9 Å². The first-order chi connectivity index (χ1) is 8.58. The van der Waals surface area contributed by atoms with Gasteiger partial charge in [-0.1, -0.05) is 11.3 Å². The molecule has 2 N–H and O–H groups in total. The quantitative estimate of drug-likeness (QED) is 0.616. The lowest BCUT2D eigenvalue weighted by atomic mass is 10.4. The van der Waals surface area contributed by atoms with Crippen molar-refractivity contribution in [1.82, 2.24) is 4.98 Å². The molecule has 1 rings (SSSR count). The van der Waals surface area contributed by atoms with Crippen molar-refractivity contribution in [3.8, 4) is 0 Å². The van der Waals surface area contributed by atoms with E-state index in [1.54, 1.807) is 13.8 Å². The number of hydrogen-bond donors (Lipinski definition) is 2. The fourth-order valence-corrected chi connectivity index (χ4v) is 2.24. The number of hydrogen-bond acceptors (Lipinski definition) is 7. The molecule has 0 atom stereocenters. The summed E-state index contributed by atoms with van der Waals surface area (Å²) in [6, 6.07) is 0. The molecule has 18 heavy (non-hydrogen) atoms. The monoisotopic (exact) mass is 290 g/mol. The summed E-state index contributed by atoms with van der Waals surface area (Å²) in [6.07, 6.45) is 0. The highest BCUT2D eigenvalue weighted by atomic mass is 32.1. The maximum absolute atomic E-state index is 11.6. The van der Waals surface area contributed by atoms with E-state index in [9.17, 15) is 9.59 Å². The molecule has 0 amide bonds. The van der Waals surface area contributed by atoms with Crippen LogP contribution in [0.4, 0.5) is 5.00 Å². The zero-order chi connectivity index (χ0) is 13.5. The van der Waals surface area contributed by atoms with Crippen LogP contribution in [0.1, 0.15) is 24.3 Å². The van der Waals surface area contributed by atoms with Gasteiger partial charge in [0.15, 0.2) is 9.65 Å². The number of ether oxygens (including phenoxy) is 2. The van der Waals surface area contributed by atoms with Gasteiger partial charge in [0.25, 0.3) is 0 Å². The Bertz CT molecular complexity index is 480. The van der Waals surface area contributed by atoms with Crippen LogP contribution in [0.5, 0.6) is 0 Å². The lowest BCUT2D eigenvalue weighted by molar-refractivity contribution is -0.140. The zero-order valence-electron chi connectivity index (χ0n) is 10.1. The van der Waals surface area contributed by atoms with Crippen molar-refractivity contribution in [2.24, 2.45) is 0 Å². The van der Waals surface area contributed by atoms with E-state index >= 15 is 0 Å². The minimum absolute atomic E-state index is 0.0244. The Morgan fingerprint density at radius 2 is 2.00 bits per heavy atom. The van der Waals surface area contributed by atoms with Gasteiger partial charge in [0, 0.05) is 0 Å². The Balaban J connectivity index is 2.73. The van der Waals surface area contributed by atoms with Gasteiger partial charge in [0.2, 0.25) is 0 Å². The number of thiazole rings is 1. The van der Waals surface area contributed by atoms with Crippen molar-refractivity contribution in [2.75, 3.05) is 25.1 Å². The fourth-order valence-electron chi connectivity index (χ4n) is 1.16. The van der Waals surface area contributed by atoms with Gasteiger partial charge in [-0.05, 0) is 26.1 Å². The van der Waals surface area contributed by atoms with Crippen molar-refractivity contribution < 1.29 is 19.1 Å². The van der Waals surface area contributed by atoms with Gasteiger partial charge < -0.3 is 19.8 Å². The van der Waals surface area contributed by atoms with E-state index in [4.69, 9.17) is 21.7 Å².